The van der Waals surface area contributed by atoms with E-state index in [1.807, 2.05) is 6.92 Å². The lowest BCUT2D eigenvalue weighted by molar-refractivity contribution is -0.144. The van der Waals surface area contributed by atoms with Gasteiger partial charge in [-0.05, 0) is 55.3 Å². The first kappa shape index (κ1) is 31.8. The third-order valence-electron chi connectivity index (χ3n) is 6.65. The summed E-state index contributed by atoms with van der Waals surface area (Å²) in [7, 11) is -3.80. The summed E-state index contributed by atoms with van der Waals surface area (Å²) in [5.41, 5.74) is 3.05. The molecule has 0 aromatic carbocycles. The molecule has 0 heterocycles. The van der Waals surface area contributed by atoms with Gasteiger partial charge in [0.1, 0.15) is 12.2 Å². The van der Waals surface area contributed by atoms with E-state index in [2.05, 4.69) is 73.5 Å². The molecule has 6 nitrogen and oxygen atoms in total. The SMILES string of the molecule is CC(=O)O[C@H](C=C=C[C@@H](C[C@@H](C)O[Si](C)(C)C(C)(C)C)OC=O)CCO[Si](C)(C)C(C)(C)C. The number of carbonyl (C=O) groups excluding carboxylic acids is 2. The lowest BCUT2D eigenvalue weighted by Gasteiger charge is -2.38. The van der Waals surface area contributed by atoms with E-state index in [9.17, 15) is 9.59 Å². The molecule has 0 unspecified atom stereocenters. The summed E-state index contributed by atoms with van der Waals surface area (Å²) in [6.07, 6.45) is 3.44. The monoisotopic (exact) mass is 500 g/mol. The topological polar surface area (TPSA) is 71.1 Å². The van der Waals surface area contributed by atoms with Gasteiger partial charge in [0.05, 0.1) is 0 Å². The van der Waals surface area contributed by atoms with Gasteiger partial charge in [0.25, 0.3) is 6.47 Å². The number of hydrogen-bond donors (Lipinski definition) is 0. The van der Waals surface area contributed by atoms with Crippen LogP contribution in [0.1, 0.15) is 68.2 Å². The predicted molar refractivity (Wildman–Crippen MR) is 139 cm³/mol. The molecule has 0 amide bonds. The van der Waals surface area contributed by atoms with E-state index in [1.54, 1.807) is 12.2 Å². The quantitative estimate of drug-likeness (QED) is 0.126. The van der Waals surface area contributed by atoms with Crippen molar-refractivity contribution in [2.45, 2.75) is 123 Å². The Bertz CT molecular complexity index is 676. The smallest absolute Gasteiger partial charge is 0.303 e. The number of ether oxygens (including phenoxy) is 2. The first-order valence-electron chi connectivity index (χ1n) is 11.8. The highest BCUT2D eigenvalue weighted by Gasteiger charge is 2.39. The van der Waals surface area contributed by atoms with Crippen molar-refractivity contribution in [2.24, 2.45) is 0 Å². The van der Waals surface area contributed by atoms with Crippen LogP contribution in [-0.4, -0.2) is 54.0 Å². The van der Waals surface area contributed by atoms with E-state index in [1.165, 1.54) is 6.92 Å². The highest BCUT2D eigenvalue weighted by atomic mass is 28.4. The Kier molecular flexibility index (Phi) is 12.6. The maximum absolute atomic E-state index is 11.5. The summed E-state index contributed by atoms with van der Waals surface area (Å²) in [4.78, 5) is 22.5. The van der Waals surface area contributed by atoms with Crippen molar-refractivity contribution >= 4 is 29.1 Å². The normalized spacial score (nSPS) is 15.6. The third kappa shape index (κ3) is 12.2. The first-order chi connectivity index (χ1) is 14.8. The van der Waals surface area contributed by atoms with Crippen LogP contribution >= 0.6 is 0 Å². The number of rotatable bonds is 13. The Balaban J connectivity index is 5.21. The number of carbonyl (C=O) groups is 2. The lowest BCUT2D eigenvalue weighted by atomic mass is 10.1. The van der Waals surface area contributed by atoms with Crippen molar-refractivity contribution in [3.63, 3.8) is 0 Å². The molecular weight excluding hydrogens is 452 g/mol. The van der Waals surface area contributed by atoms with Crippen LogP contribution in [0.2, 0.25) is 36.3 Å². The molecule has 0 fully saturated rings. The molecule has 0 aromatic heterocycles. The Morgan fingerprint density at radius 2 is 1.45 bits per heavy atom. The van der Waals surface area contributed by atoms with E-state index in [-0.39, 0.29) is 22.1 Å². The first-order valence-corrected chi connectivity index (χ1v) is 17.6. The van der Waals surface area contributed by atoms with E-state index in [0.717, 1.165) is 0 Å². The van der Waals surface area contributed by atoms with Crippen LogP contribution in [0.5, 0.6) is 0 Å². The summed E-state index contributed by atoms with van der Waals surface area (Å²) in [6.45, 7) is 26.3. The van der Waals surface area contributed by atoms with Crippen molar-refractivity contribution in [1.29, 1.82) is 0 Å². The molecule has 0 bridgehead atoms. The van der Waals surface area contributed by atoms with E-state index < -0.39 is 28.8 Å². The molecule has 0 aliphatic heterocycles. The number of hydrogen-bond acceptors (Lipinski definition) is 6. The van der Waals surface area contributed by atoms with Gasteiger partial charge < -0.3 is 18.3 Å². The molecule has 192 valence electrons. The minimum Gasteiger partial charge on any atom is -0.460 e. The standard InChI is InChI=1S/C25H48O6Si2/c1-20(31-33(11,12)25(6,7)8)18-23(28-19-26)15-13-14-22(30-21(2)27)16-17-29-32(9,10)24(3,4)5/h14-15,19-20,22-23H,16-18H2,1-12H3/t13?,20-,22-,23+/m1/s1. The molecule has 0 aliphatic rings. The maximum atomic E-state index is 11.5. The molecule has 0 spiro atoms. The van der Waals surface area contributed by atoms with Crippen LogP contribution in [0.3, 0.4) is 0 Å². The molecule has 0 rings (SSSR count). The van der Waals surface area contributed by atoms with E-state index in [0.29, 0.717) is 25.9 Å². The maximum Gasteiger partial charge on any atom is 0.303 e. The second-order valence-corrected chi connectivity index (χ2v) is 21.3. The van der Waals surface area contributed by atoms with Crippen LogP contribution in [0.25, 0.3) is 0 Å². The summed E-state index contributed by atoms with van der Waals surface area (Å²) in [6, 6.07) is 0. The number of esters is 1. The van der Waals surface area contributed by atoms with Gasteiger partial charge in [0.15, 0.2) is 16.6 Å². The Hall–Kier alpha value is -1.19. The van der Waals surface area contributed by atoms with E-state index >= 15 is 0 Å². The second-order valence-electron chi connectivity index (χ2n) is 11.7. The van der Waals surface area contributed by atoms with Gasteiger partial charge >= 0.3 is 5.97 Å². The summed E-state index contributed by atoms with van der Waals surface area (Å²) >= 11 is 0. The zero-order chi connectivity index (χ0) is 26.1. The van der Waals surface area contributed by atoms with Gasteiger partial charge in [-0.25, -0.2) is 0 Å². The molecule has 0 saturated carbocycles. The highest BCUT2D eigenvalue weighted by Crippen LogP contribution is 2.38. The van der Waals surface area contributed by atoms with Crippen molar-refractivity contribution in [1.82, 2.24) is 0 Å². The minimum atomic E-state index is -1.92. The van der Waals surface area contributed by atoms with Crippen LogP contribution < -0.4 is 0 Å². The lowest BCUT2D eigenvalue weighted by Crippen LogP contribution is -2.43. The molecular formula is C25H48O6Si2. The van der Waals surface area contributed by atoms with Gasteiger partial charge in [-0.2, -0.15) is 0 Å². The summed E-state index contributed by atoms with van der Waals surface area (Å²) < 4.78 is 23.2. The van der Waals surface area contributed by atoms with Crippen molar-refractivity contribution in [2.75, 3.05) is 6.61 Å². The Labute approximate surface area is 204 Å². The van der Waals surface area contributed by atoms with E-state index in [4.69, 9.17) is 18.3 Å². The largest absolute Gasteiger partial charge is 0.460 e. The molecule has 0 radical (unpaired) electrons. The fraction of sp³-hybridized carbons (Fsp3) is 0.800. The van der Waals surface area contributed by atoms with Gasteiger partial charge in [0.2, 0.25) is 0 Å². The van der Waals surface area contributed by atoms with Crippen molar-refractivity contribution in [3.8, 4) is 0 Å². The molecule has 0 aliphatic carbocycles. The van der Waals surface area contributed by atoms with Crippen LogP contribution in [0, 0.1) is 0 Å². The van der Waals surface area contributed by atoms with Gasteiger partial charge in [-0.1, -0.05) is 41.5 Å². The zero-order valence-corrected chi connectivity index (χ0v) is 25.0. The fourth-order valence-electron chi connectivity index (χ4n) is 2.60. The predicted octanol–water partition coefficient (Wildman–Crippen LogP) is 6.38. The van der Waals surface area contributed by atoms with Crippen molar-refractivity contribution in [3.05, 3.63) is 17.9 Å². The van der Waals surface area contributed by atoms with Crippen LogP contribution in [-0.2, 0) is 27.9 Å². The van der Waals surface area contributed by atoms with Gasteiger partial charge in [0, 0.05) is 32.5 Å². The summed E-state index contributed by atoms with van der Waals surface area (Å²) in [5, 5.41) is 0.212. The minimum absolute atomic E-state index is 0.0730. The molecule has 33 heavy (non-hydrogen) atoms. The van der Waals surface area contributed by atoms with Gasteiger partial charge in [-0.15, -0.1) is 5.73 Å². The average molecular weight is 501 g/mol. The Morgan fingerprint density at radius 3 is 1.91 bits per heavy atom. The second kappa shape index (κ2) is 13.0. The Morgan fingerprint density at radius 1 is 0.939 bits per heavy atom. The highest BCUT2D eigenvalue weighted by molar-refractivity contribution is 6.74. The van der Waals surface area contributed by atoms with Crippen LogP contribution in [0.4, 0.5) is 0 Å². The van der Waals surface area contributed by atoms with Gasteiger partial charge in [-0.3, -0.25) is 9.59 Å². The average Bonchev–Trinajstić information content (AvgIpc) is 2.58. The molecule has 0 N–H and O–H groups in total. The molecule has 0 saturated heterocycles. The third-order valence-corrected chi connectivity index (χ3v) is 15.8. The zero-order valence-electron chi connectivity index (χ0n) is 23.0. The van der Waals surface area contributed by atoms with Crippen LogP contribution in [0.15, 0.2) is 17.9 Å². The molecule has 3 atom stereocenters. The molecule has 0 aromatic rings. The fourth-order valence-corrected chi connectivity index (χ4v) is 5.11. The summed E-state index contributed by atoms with van der Waals surface area (Å²) in [5.74, 6) is -0.359. The molecule has 8 heteroatoms. The van der Waals surface area contributed by atoms with Crippen molar-refractivity contribution < 1.29 is 27.9 Å².